The van der Waals surface area contributed by atoms with Crippen molar-refractivity contribution in [1.29, 1.82) is 0 Å². The molecule has 0 fully saturated rings. The number of aryl methyl sites for hydroxylation is 1. The molecule has 140 valence electrons. The fraction of sp³-hybridized carbons (Fsp3) is 0.381. The zero-order valence-corrected chi connectivity index (χ0v) is 15.9. The number of benzene rings is 2. The van der Waals surface area contributed by atoms with Gasteiger partial charge in [-0.1, -0.05) is 32.0 Å². The first kappa shape index (κ1) is 19.9. The van der Waals surface area contributed by atoms with Crippen molar-refractivity contribution in [3.05, 3.63) is 65.0 Å². The van der Waals surface area contributed by atoms with Crippen LogP contribution in [-0.2, 0) is 0 Å². The van der Waals surface area contributed by atoms with Gasteiger partial charge in [-0.2, -0.15) is 0 Å². The van der Waals surface area contributed by atoms with Crippen LogP contribution >= 0.6 is 0 Å². The fourth-order valence-corrected chi connectivity index (χ4v) is 3.00. The normalized spacial score (nSPS) is 12.1. The van der Waals surface area contributed by atoms with E-state index in [9.17, 15) is 9.18 Å². The lowest BCUT2D eigenvalue weighted by molar-refractivity contribution is 0.0934. The molecule has 2 aromatic carbocycles. The molecular weight excluding hydrogens is 331 g/mol. The highest BCUT2D eigenvalue weighted by Gasteiger charge is 2.20. The average Bonchev–Trinajstić information content (AvgIpc) is 2.67. The third-order valence-corrected chi connectivity index (χ3v) is 4.62. The molecule has 5 heteroatoms. The molecular formula is C21H27FN2O2. The summed E-state index contributed by atoms with van der Waals surface area (Å²) in [4.78, 5) is 14.7. The number of nitrogens with one attached hydrogen (secondary N) is 1. The number of hydrogen-bond donors (Lipinski definition) is 1. The molecule has 0 aliphatic rings. The Labute approximate surface area is 155 Å². The van der Waals surface area contributed by atoms with Crippen LogP contribution in [0, 0.1) is 12.7 Å². The van der Waals surface area contributed by atoms with E-state index < -0.39 is 0 Å². The summed E-state index contributed by atoms with van der Waals surface area (Å²) in [5, 5.41) is 2.94. The third kappa shape index (κ3) is 4.82. The molecule has 1 amide bonds. The van der Waals surface area contributed by atoms with Crippen molar-refractivity contribution >= 4 is 5.91 Å². The third-order valence-electron chi connectivity index (χ3n) is 4.62. The van der Waals surface area contributed by atoms with Crippen LogP contribution in [0.4, 0.5) is 4.39 Å². The van der Waals surface area contributed by atoms with E-state index >= 15 is 0 Å². The second kappa shape index (κ2) is 9.34. The number of hydrogen-bond acceptors (Lipinski definition) is 3. The van der Waals surface area contributed by atoms with Gasteiger partial charge in [0.15, 0.2) is 0 Å². The topological polar surface area (TPSA) is 41.6 Å². The minimum atomic E-state index is -0.370. The summed E-state index contributed by atoms with van der Waals surface area (Å²) in [7, 11) is 1.64. The highest BCUT2D eigenvalue weighted by molar-refractivity contribution is 5.94. The van der Waals surface area contributed by atoms with Crippen molar-refractivity contribution in [1.82, 2.24) is 10.2 Å². The van der Waals surface area contributed by atoms with Crippen LogP contribution in [0.1, 0.15) is 41.4 Å². The second-order valence-corrected chi connectivity index (χ2v) is 6.19. The average molecular weight is 358 g/mol. The SMILES string of the molecule is CCN(CC)C(CNC(=O)c1ccc(C)c(F)c1)c1cccc(OC)c1. The van der Waals surface area contributed by atoms with Gasteiger partial charge in [-0.3, -0.25) is 9.69 Å². The lowest BCUT2D eigenvalue weighted by atomic mass is 10.0. The molecule has 1 atom stereocenters. The smallest absolute Gasteiger partial charge is 0.251 e. The monoisotopic (exact) mass is 358 g/mol. The Kier molecular flexibility index (Phi) is 7.16. The van der Waals surface area contributed by atoms with E-state index in [1.165, 1.54) is 6.07 Å². The van der Waals surface area contributed by atoms with Gasteiger partial charge in [-0.25, -0.2) is 4.39 Å². The summed E-state index contributed by atoms with van der Waals surface area (Å²) in [5.41, 5.74) is 1.93. The molecule has 2 aromatic rings. The van der Waals surface area contributed by atoms with Crippen LogP contribution in [0.2, 0.25) is 0 Å². The van der Waals surface area contributed by atoms with Gasteiger partial charge in [0, 0.05) is 12.1 Å². The molecule has 1 N–H and O–H groups in total. The van der Waals surface area contributed by atoms with E-state index in [1.807, 2.05) is 24.3 Å². The molecule has 1 unspecified atom stereocenters. The summed E-state index contributed by atoms with van der Waals surface area (Å²) in [6.45, 7) is 8.00. The number of ether oxygens (including phenoxy) is 1. The number of carbonyl (C=O) groups is 1. The molecule has 0 aliphatic carbocycles. The summed E-state index contributed by atoms with van der Waals surface area (Å²) in [5.74, 6) is 0.140. The summed E-state index contributed by atoms with van der Waals surface area (Å²) >= 11 is 0. The zero-order valence-electron chi connectivity index (χ0n) is 15.9. The van der Waals surface area contributed by atoms with E-state index in [1.54, 1.807) is 26.2 Å². The molecule has 0 saturated carbocycles. The first-order valence-electron chi connectivity index (χ1n) is 8.92. The van der Waals surface area contributed by atoms with Gasteiger partial charge in [0.2, 0.25) is 0 Å². The minimum Gasteiger partial charge on any atom is -0.497 e. The first-order valence-corrected chi connectivity index (χ1v) is 8.92. The summed E-state index contributed by atoms with van der Waals surface area (Å²) < 4.78 is 19.0. The number of rotatable bonds is 8. The van der Waals surface area contributed by atoms with E-state index in [2.05, 4.69) is 24.1 Å². The van der Waals surface area contributed by atoms with Crippen molar-refractivity contribution in [3.63, 3.8) is 0 Å². The van der Waals surface area contributed by atoms with Crippen LogP contribution < -0.4 is 10.1 Å². The molecule has 2 rings (SSSR count). The van der Waals surface area contributed by atoms with E-state index in [0.717, 1.165) is 24.4 Å². The number of carbonyl (C=O) groups excluding carboxylic acids is 1. The highest BCUT2D eigenvalue weighted by atomic mass is 19.1. The Bertz CT molecular complexity index is 745. The second-order valence-electron chi connectivity index (χ2n) is 6.19. The highest BCUT2D eigenvalue weighted by Crippen LogP contribution is 2.24. The van der Waals surface area contributed by atoms with Crippen LogP contribution in [0.3, 0.4) is 0 Å². The Balaban J connectivity index is 2.18. The largest absolute Gasteiger partial charge is 0.497 e. The Morgan fingerprint density at radius 3 is 2.54 bits per heavy atom. The van der Waals surface area contributed by atoms with Crippen molar-refractivity contribution in [2.75, 3.05) is 26.7 Å². The Hall–Kier alpha value is -2.40. The quantitative estimate of drug-likeness (QED) is 0.777. The van der Waals surface area contributed by atoms with Gasteiger partial charge in [0.1, 0.15) is 11.6 Å². The predicted molar refractivity (Wildman–Crippen MR) is 102 cm³/mol. The predicted octanol–water partition coefficient (Wildman–Crippen LogP) is 3.96. The number of methoxy groups -OCH3 is 1. The first-order chi connectivity index (χ1) is 12.5. The molecule has 4 nitrogen and oxygen atoms in total. The van der Waals surface area contributed by atoms with Crippen LogP contribution in [0.25, 0.3) is 0 Å². The zero-order chi connectivity index (χ0) is 19.1. The van der Waals surface area contributed by atoms with Crippen LogP contribution in [-0.4, -0.2) is 37.6 Å². The van der Waals surface area contributed by atoms with Crippen molar-refractivity contribution in [2.45, 2.75) is 26.8 Å². The maximum absolute atomic E-state index is 13.7. The number of amides is 1. The maximum Gasteiger partial charge on any atom is 0.251 e. The van der Waals surface area contributed by atoms with Gasteiger partial charge in [-0.05, 0) is 55.4 Å². The number of nitrogens with zero attached hydrogens (tertiary/aromatic N) is 1. The van der Waals surface area contributed by atoms with Gasteiger partial charge >= 0.3 is 0 Å². The van der Waals surface area contributed by atoms with Gasteiger partial charge in [0.05, 0.1) is 13.2 Å². The molecule has 0 aromatic heterocycles. The van der Waals surface area contributed by atoms with Crippen LogP contribution in [0.5, 0.6) is 5.75 Å². The molecule has 0 spiro atoms. The molecule has 0 bridgehead atoms. The lowest BCUT2D eigenvalue weighted by Gasteiger charge is -2.30. The fourth-order valence-electron chi connectivity index (χ4n) is 3.00. The molecule has 26 heavy (non-hydrogen) atoms. The van der Waals surface area contributed by atoms with Gasteiger partial charge < -0.3 is 10.1 Å². The van der Waals surface area contributed by atoms with Crippen molar-refractivity contribution in [3.8, 4) is 5.75 Å². The number of likely N-dealkylation sites (N-methyl/N-ethyl adjacent to an activating group) is 1. The van der Waals surface area contributed by atoms with E-state index in [4.69, 9.17) is 4.74 Å². The Morgan fingerprint density at radius 2 is 1.92 bits per heavy atom. The number of halogens is 1. The van der Waals surface area contributed by atoms with Crippen molar-refractivity contribution in [2.24, 2.45) is 0 Å². The van der Waals surface area contributed by atoms with Crippen molar-refractivity contribution < 1.29 is 13.9 Å². The molecule has 0 aliphatic heterocycles. The Morgan fingerprint density at radius 1 is 1.19 bits per heavy atom. The van der Waals surface area contributed by atoms with E-state index in [-0.39, 0.29) is 17.8 Å². The van der Waals surface area contributed by atoms with Crippen LogP contribution in [0.15, 0.2) is 42.5 Å². The standard InChI is InChI=1S/C21H27FN2O2/c1-5-24(6-2)20(16-8-7-9-18(12-16)26-4)14-23-21(25)17-11-10-15(3)19(22)13-17/h7-13,20H,5-6,14H2,1-4H3,(H,23,25). The summed E-state index contributed by atoms with van der Waals surface area (Å²) in [6, 6.07) is 12.4. The summed E-state index contributed by atoms with van der Waals surface area (Å²) in [6.07, 6.45) is 0. The maximum atomic E-state index is 13.7. The molecule has 0 saturated heterocycles. The van der Waals surface area contributed by atoms with Gasteiger partial charge in [0.25, 0.3) is 5.91 Å². The molecule has 0 radical (unpaired) electrons. The minimum absolute atomic E-state index is 0.0133. The van der Waals surface area contributed by atoms with E-state index in [0.29, 0.717) is 17.7 Å². The molecule has 0 heterocycles. The van der Waals surface area contributed by atoms with Gasteiger partial charge in [-0.15, -0.1) is 0 Å². The lowest BCUT2D eigenvalue weighted by Crippen LogP contribution is -2.38.